The molecule has 2 aliphatic rings. The smallest absolute Gasteiger partial charge is 0.322 e. The van der Waals surface area contributed by atoms with Crippen molar-refractivity contribution in [3.63, 3.8) is 0 Å². The number of benzene rings is 1. The number of imide groups is 1. The number of nitrogens with one attached hydrogen (secondary N) is 2. The van der Waals surface area contributed by atoms with Crippen molar-refractivity contribution in [2.75, 3.05) is 58.9 Å². The van der Waals surface area contributed by atoms with Crippen molar-refractivity contribution in [2.45, 2.75) is 12.1 Å². The third-order valence-electron chi connectivity index (χ3n) is 6.86. The molecule has 0 spiro atoms. The number of likely N-dealkylation sites (N-methyl/N-ethyl adjacent to an activating group) is 1. The minimum Gasteiger partial charge on any atom is -0.497 e. The highest BCUT2D eigenvalue weighted by Crippen LogP contribution is 2.35. The minimum absolute atomic E-state index is 0.0305. The fraction of sp³-hybridized carbons (Fsp3) is 0.385. The van der Waals surface area contributed by atoms with E-state index in [-0.39, 0.29) is 31.4 Å². The number of amides is 4. The summed E-state index contributed by atoms with van der Waals surface area (Å²) in [6.07, 6.45) is 0. The molecule has 0 aliphatic carbocycles. The first-order chi connectivity index (χ1) is 18.2. The zero-order valence-electron chi connectivity index (χ0n) is 21.5. The molecular weight excluding hydrogens is 492 g/mol. The number of carbonyl (C=O) groups is 3. The standard InChI is InChI=1S/C26H30N6O6/c1-30(2)8-9-31(10-11-33)22-7-6-20-19(27-22)13-21(38-20)26(24(35)28-25(36)29-26)15-32-14-16-4-5-17(37-3)12-18(16)23(32)34/h4-7,12-13,33H,8-11,14-15H2,1-3H3,(H2,28,29,35,36). The van der Waals surface area contributed by atoms with Gasteiger partial charge >= 0.3 is 6.03 Å². The number of nitrogens with zero attached hydrogens (tertiary/aromatic N) is 4. The summed E-state index contributed by atoms with van der Waals surface area (Å²) in [5.41, 5.74) is 0.569. The van der Waals surface area contributed by atoms with Gasteiger partial charge in [0.05, 0.1) is 20.3 Å². The van der Waals surface area contributed by atoms with Crippen molar-refractivity contribution in [3.8, 4) is 5.75 Å². The van der Waals surface area contributed by atoms with Gasteiger partial charge in [-0.05, 0) is 43.9 Å². The van der Waals surface area contributed by atoms with Crippen molar-refractivity contribution in [3.05, 3.63) is 53.3 Å². The molecule has 1 saturated heterocycles. The maximum absolute atomic E-state index is 13.2. The normalized spacial score (nSPS) is 18.8. The van der Waals surface area contributed by atoms with E-state index in [1.165, 1.54) is 12.0 Å². The Morgan fingerprint density at radius 2 is 1.95 bits per heavy atom. The number of fused-ring (bicyclic) bond motifs is 2. The number of furan rings is 1. The molecule has 4 amide bonds. The van der Waals surface area contributed by atoms with Crippen LogP contribution in [-0.4, -0.2) is 91.7 Å². The summed E-state index contributed by atoms with van der Waals surface area (Å²) in [7, 11) is 5.46. The zero-order chi connectivity index (χ0) is 27.0. The molecule has 5 rings (SSSR count). The van der Waals surface area contributed by atoms with Crippen molar-refractivity contribution < 1.29 is 28.6 Å². The number of aliphatic hydroxyl groups is 1. The van der Waals surface area contributed by atoms with Crippen LogP contribution in [0, 0.1) is 0 Å². The van der Waals surface area contributed by atoms with Crippen LogP contribution < -0.4 is 20.3 Å². The molecule has 38 heavy (non-hydrogen) atoms. The second-order valence-corrected chi connectivity index (χ2v) is 9.68. The highest BCUT2D eigenvalue weighted by Gasteiger charge is 2.53. The van der Waals surface area contributed by atoms with Crippen LogP contribution in [0.5, 0.6) is 5.75 Å². The fourth-order valence-electron chi connectivity index (χ4n) is 4.82. The molecule has 12 nitrogen and oxygen atoms in total. The molecule has 1 fully saturated rings. The van der Waals surface area contributed by atoms with E-state index in [0.29, 0.717) is 41.3 Å². The number of methoxy groups -OCH3 is 1. The lowest BCUT2D eigenvalue weighted by Gasteiger charge is -2.28. The summed E-state index contributed by atoms with van der Waals surface area (Å²) in [5.74, 6) is 0.485. The van der Waals surface area contributed by atoms with E-state index >= 15 is 0 Å². The van der Waals surface area contributed by atoms with Crippen molar-refractivity contribution >= 4 is 34.8 Å². The Hall–Kier alpha value is -4.16. The SMILES string of the molecule is COc1ccc2c(c1)C(=O)N(CC1(c3cc4nc(N(CCO)CCN(C)C)ccc4o3)NC(=O)NC1=O)C2. The van der Waals surface area contributed by atoms with E-state index in [9.17, 15) is 19.5 Å². The largest absolute Gasteiger partial charge is 0.497 e. The van der Waals surface area contributed by atoms with Gasteiger partial charge in [-0.25, -0.2) is 9.78 Å². The lowest BCUT2D eigenvalue weighted by molar-refractivity contribution is -0.125. The van der Waals surface area contributed by atoms with E-state index in [1.807, 2.05) is 30.0 Å². The average molecular weight is 523 g/mol. The number of aliphatic hydroxyl groups excluding tert-OH is 1. The Morgan fingerprint density at radius 1 is 1.13 bits per heavy atom. The highest BCUT2D eigenvalue weighted by molar-refractivity contribution is 6.08. The summed E-state index contributed by atoms with van der Waals surface area (Å²) < 4.78 is 11.3. The molecule has 4 heterocycles. The first kappa shape index (κ1) is 25.5. The molecule has 200 valence electrons. The van der Waals surface area contributed by atoms with Crippen molar-refractivity contribution in [2.24, 2.45) is 0 Å². The predicted molar refractivity (Wildman–Crippen MR) is 138 cm³/mol. The summed E-state index contributed by atoms with van der Waals surface area (Å²) in [5, 5.41) is 14.5. The number of pyridine rings is 1. The van der Waals surface area contributed by atoms with Gasteiger partial charge in [0.25, 0.3) is 11.8 Å². The Balaban J connectivity index is 1.48. The summed E-state index contributed by atoms with van der Waals surface area (Å²) >= 11 is 0. The van der Waals surface area contributed by atoms with Gasteiger partial charge < -0.3 is 34.3 Å². The summed E-state index contributed by atoms with van der Waals surface area (Å²) in [4.78, 5) is 48.9. The number of carbonyl (C=O) groups excluding carboxylic acids is 3. The Kier molecular flexibility index (Phi) is 6.67. The first-order valence-corrected chi connectivity index (χ1v) is 12.3. The van der Waals surface area contributed by atoms with Gasteiger partial charge in [-0.3, -0.25) is 14.9 Å². The molecular formula is C26H30N6O6. The molecule has 2 aliphatic heterocycles. The fourth-order valence-corrected chi connectivity index (χ4v) is 4.82. The molecule has 2 aromatic heterocycles. The number of hydrogen-bond acceptors (Lipinski definition) is 9. The van der Waals surface area contributed by atoms with Crippen LogP contribution in [-0.2, 0) is 16.9 Å². The highest BCUT2D eigenvalue weighted by atomic mass is 16.5. The van der Waals surface area contributed by atoms with E-state index in [0.717, 1.165) is 12.1 Å². The third-order valence-corrected chi connectivity index (χ3v) is 6.86. The van der Waals surface area contributed by atoms with E-state index in [4.69, 9.17) is 14.1 Å². The molecule has 12 heteroatoms. The quantitative estimate of drug-likeness (QED) is 0.331. The Labute approximate surface area is 219 Å². The number of anilines is 1. The molecule has 0 saturated carbocycles. The van der Waals surface area contributed by atoms with Crippen LogP contribution in [0.2, 0.25) is 0 Å². The Bertz CT molecular complexity index is 1400. The van der Waals surface area contributed by atoms with Crippen LogP contribution in [0.25, 0.3) is 11.1 Å². The molecule has 0 bridgehead atoms. The van der Waals surface area contributed by atoms with Crippen molar-refractivity contribution in [1.82, 2.24) is 25.4 Å². The predicted octanol–water partition coefficient (Wildman–Crippen LogP) is 0.887. The van der Waals surface area contributed by atoms with E-state index in [2.05, 4.69) is 10.6 Å². The number of rotatable bonds is 10. The average Bonchev–Trinajstić information content (AvgIpc) is 3.54. The van der Waals surface area contributed by atoms with Crippen LogP contribution in [0.15, 0.2) is 40.8 Å². The lowest BCUT2D eigenvalue weighted by Crippen LogP contribution is -2.52. The van der Waals surface area contributed by atoms with Gasteiger partial charge in [0.2, 0.25) is 0 Å². The van der Waals surface area contributed by atoms with Gasteiger partial charge in [-0.15, -0.1) is 0 Å². The third kappa shape index (κ3) is 4.52. The van der Waals surface area contributed by atoms with Crippen molar-refractivity contribution in [1.29, 1.82) is 0 Å². The van der Waals surface area contributed by atoms with Gasteiger partial charge in [-0.1, -0.05) is 6.07 Å². The van der Waals surface area contributed by atoms with Crippen LogP contribution >= 0.6 is 0 Å². The van der Waals surface area contributed by atoms with Gasteiger partial charge in [0, 0.05) is 37.8 Å². The monoisotopic (exact) mass is 522 g/mol. The molecule has 1 aromatic carbocycles. The number of hydrogen-bond donors (Lipinski definition) is 3. The lowest BCUT2D eigenvalue weighted by atomic mass is 9.95. The van der Waals surface area contributed by atoms with Crippen LogP contribution in [0.4, 0.5) is 10.6 Å². The maximum Gasteiger partial charge on any atom is 0.322 e. The van der Waals surface area contributed by atoms with Gasteiger partial charge in [0.1, 0.15) is 22.8 Å². The topological polar surface area (TPSA) is 140 Å². The number of urea groups is 1. The molecule has 0 radical (unpaired) electrons. The first-order valence-electron chi connectivity index (χ1n) is 12.3. The minimum atomic E-state index is -1.63. The summed E-state index contributed by atoms with van der Waals surface area (Å²) in [6.45, 7) is 1.94. The second kappa shape index (κ2) is 9.95. The summed E-state index contributed by atoms with van der Waals surface area (Å²) in [6, 6.07) is 9.72. The number of ether oxygens (including phenoxy) is 1. The Morgan fingerprint density at radius 3 is 2.63 bits per heavy atom. The molecule has 3 N–H and O–H groups in total. The number of aromatic nitrogens is 1. The second-order valence-electron chi connectivity index (χ2n) is 9.68. The van der Waals surface area contributed by atoms with Gasteiger partial charge in [0.15, 0.2) is 11.1 Å². The van der Waals surface area contributed by atoms with Crippen LogP contribution in [0.3, 0.4) is 0 Å². The van der Waals surface area contributed by atoms with E-state index in [1.54, 1.807) is 30.3 Å². The van der Waals surface area contributed by atoms with Gasteiger partial charge in [-0.2, -0.15) is 0 Å². The van der Waals surface area contributed by atoms with Crippen LogP contribution in [0.1, 0.15) is 21.7 Å². The molecule has 1 atom stereocenters. The van der Waals surface area contributed by atoms with E-state index < -0.39 is 17.5 Å². The molecule has 1 unspecified atom stereocenters. The zero-order valence-corrected chi connectivity index (χ0v) is 21.5. The molecule has 3 aromatic rings. The maximum atomic E-state index is 13.2.